The molecule has 0 bridgehead atoms. The number of aliphatic hydroxyl groups is 2. The van der Waals surface area contributed by atoms with Crippen LogP contribution in [0, 0.1) is 6.92 Å². The molecule has 9 heteroatoms. The Bertz CT molecular complexity index is 1260. The highest BCUT2D eigenvalue weighted by atomic mass is 16.4. The van der Waals surface area contributed by atoms with Gasteiger partial charge in [0.1, 0.15) is 11.5 Å². The minimum absolute atomic E-state index is 0.00241. The molecule has 3 rings (SSSR count). The van der Waals surface area contributed by atoms with Gasteiger partial charge in [0.15, 0.2) is 5.78 Å². The zero-order valence-corrected chi connectivity index (χ0v) is 23.8. The van der Waals surface area contributed by atoms with Crippen LogP contribution in [0.4, 0.5) is 0 Å². The smallest absolute Gasteiger partial charge is 0.335 e. The van der Waals surface area contributed by atoms with Crippen LogP contribution in [-0.2, 0) is 15.6 Å². The summed E-state index contributed by atoms with van der Waals surface area (Å²) in [5, 5.41) is 56.8. The predicted octanol–water partition coefficient (Wildman–Crippen LogP) is 4.82. The number of benzene rings is 3. The molecule has 0 aromatic heterocycles. The van der Waals surface area contributed by atoms with Crippen LogP contribution in [-0.4, -0.2) is 60.6 Å². The number of phenols is 2. The summed E-state index contributed by atoms with van der Waals surface area (Å²) in [7, 11) is 0. The monoisotopic (exact) mass is 566 g/mol. The van der Waals surface area contributed by atoms with Crippen molar-refractivity contribution in [2.75, 3.05) is 0 Å². The van der Waals surface area contributed by atoms with E-state index in [9.17, 15) is 34.8 Å². The van der Waals surface area contributed by atoms with Crippen LogP contribution in [0.1, 0.15) is 77.9 Å². The van der Waals surface area contributed by atoms with Crippen LogP contribution in [0.5, 0.6) is 11.5 Å². The van der Waals surface area contributed by atoms with Crippen LogP contribution in [0.3, 0.4) is 0 Å². The maximum Gasteiger partial charge on any atom is 0.335 e. The Kier molecular flexibility index (Phi) is 10.8. The van der Waals surface area contributed by atoms with E-state index in [-0.39, 0.29) is 41.3 Å². The minimum atomic E-state index is -1.12. The Morgan fingerprint density at radius 2 is 0.976 bits per heavy atom. The summed E-state index contributed by atoms with van der Waals surface area (Å²) in [6, 6.07) is 16.8. The lowest BCUT2D eigenvalue weighted by Crippen LogP contribution is -2.48. The van der Waals surface area contributed by atoms with Crippen molar-refractivity contribution >= 4 is 17.7 Å². The normalized spacial score (nSPS) is 15.3. The van der Waals surface area contributed by atoms with Crippen LogP contribution >= 0.6 is 0 Å². The second-order valence-electron chi connectivity index (χ2n) is 10.9. The maximum atomic E-state index is 14.0. The second-order valence-corrected chi connectivity index (χ2v) is 10.9. The van der Waals surface area contributed by atoms with Gasteiger partial charge in [-0.25, -0.2) is 9.59 Å². The molecule has 4 unspecified atom stereocenters. The van der Waals surface area contributed by atoms with Gasteiger partial charge >= 0.3 is 11.9 Å². The largest absolute Gasteiger partial charge is 0.508 e. The maximum absolute atomic E-state index is 14.0. The standard InChI is InChI=1S/C23H30O5.C9H8O4/c1-15(24)13-22(3,17-5-9-19(26)10-6-17)21(28)23(4,14-16(2)25)18-7-11-20(27)12-8-18;1-5-2-6(8(10)11)4-7(3-5)9(12)13/h5-12,15-16,24-27H,13-14H2,1-4H3;2-4H,1H3,(H,10,11)(H,12,13). The van der Waals surface area contributed by atoms with Crippen LogP contribution < -0.4 is 0 Å². The summed E-state index contributed by atoms with van der Waals surface area (Å²) >= 11 is 0. The Morgan fingerprint density at radius 3 is 1.24 bits per heavy atom. The van der Waals surface area contributed by atoms with E-state index in [2.05, 4.69) is 0 Å². The predicted molar refractivity (Wildman–Crippen MR) is 154 cm³/mol. The fraction of sp³-hybridized carbons (Fsp3) is 0.344. The first-order chi connectivity index (χ1) is 19.0. The first kappa shape index (κ1) is 33.0. The number of carboxylic acid groups (broad SMARTS) is 2. The van der Waals surface area contributed by atoms with Crippen molar-refractivity contribution in [2.24, 2.45) is 0 Å². The number of aliphatic hydroxyl groups excluding tert-OH is 2. The Morgan fingerprint density at radius 1 is 0.659 bits per heavy atom. The number of aromatic hydroxyl groups is 2. The first-order valence-corrected chi connectivity index (χ1v) is 13.1. The number of Topliss-reactive ketones (excluding diaryl/α,β-unsaturated/α-hetero) is 1. The van der Waals surface area contributed by atoms with Gasteiger partial charge < -0.3 is 30.6 Å². The van der Waals surface area contributed by atoms with E-state index in [1.54, 1.807) is 58.9 Å². The number of carboxylic acids is 2. The van der Waals surface area contributed by atoms with Crippen molar-refractivity contribution < 1.29 is 45.0 Å². The number of hydrogen-bond donors (Lipinski definition) is 6. The summed E-state index contributed by atoms with van der Waals surface area (Å²) < 4.78 is 0. The highest BCUT2D eigenvalue weighted by Crippen LogP contribution is 2.42. The van der Waals surface area contributed by atoms with Gasteiger partial charge in [0, 0.05) is 0 Å². The number of aromatic carboxylic acids is 2. The van der Waals surface area contributed by atoms with E-state index in [4.69, 9.17) is 10.2 Å². The average molecular weight is 567 g/mol. The molecule has 0 aliphatic heterocycles. The van der Waals surface area contributed by atoms with Gasteiger partial charge in [-0.15, -0.1) is 0 Å². The molecule has 0 aliphatic rings. The number of rotatable bonds is 10. The Hall–Kier alpha value is -4.21. The lowest BCUT2D eigenvalue weighted by molar-refractivity contribution is -0.131. The molecule has 6 N–H and O–H groups in total. The minimum Gasteiger partial charge on any atom is -0.508 e. The Labute approximate surface area is 239 Å². The molecule has 220 valence electrons. The number of carbonyl (C=O) groups is 3. The molecule has 0 spiro atoms. The fourth-order valence-corrected chi connectivity index (χ4v) is 5.16. The van der Waals surface area contributed by atoms with Crippen molar-refractivity contribution in [2.45, 2.75) is 70.5 Å². The van der Waals surface area contributed by atoms with Crippen molar-refractivity contribution in [3.8, 4) is 11.5 Å². The summed E-state index contributed by atoms with van der Waals surface area (Å²) in [5.41, 5.74) is -0.0852. The summed E-state index contributed by atoms with van der Waals surface area (Å²) in [6.07, 6.45) is -1.05. The van der Waals surface area contributed by atoms with E-state index < -0.39 is 35.0 Å². The Balaban J connectivity index is 0.000000377. The first-order valence-electron chi connectivity index (χ1n) is 13.1. The van der Waals surface area contributed by atoms with Gasteiger partial charge in [-0.1, -0.05) is 24.3 Å². The zero-order chi connectivity index (χ0) is 31.1. The molecule has 4 atom stereocenters. The number of carbonyl (C=O) groups excluding carboxylic acids is 1. The van der Waals surface area contributed by atoms with Gasteiger partial charge in [0.2, 0.25) is 0 Å². The lowest BCUT2D eigenvalue weighted by Gasteiger charge is -2.40. The fourth-order valence-electron chi connectivity index (χ4n) is 5.16. The lowest BCUT2D eigenvalue weighted by atomic mass is 9.62. The molecular formula is C32H38O9. The second kappa shape index (κ2) is 13.4. The number of phenolic OH excluding ortho intramolecular Hbond substituents is 2. The van der Waals surface area contributed by atoms with E-state index in [0.717, 1.165) is 6.07 Å². The van der Waals surface area contributed by atoms with Crippen molar-refractivity contribution in [1.82, 2.24) is 0 Å². The van der Waals surface area contributed by atoms with Gasteiger partial charge in [0.25, 0.3) is 0 Å². The van der Waals surface area contributed by atoms with E-state index in [1.807, 2.05) is 0 Å². The van der Waals surface area contributed by atoms with Gasteiger partial charge in [0.05, 0.1) is 34.2 Å². The zero-order valence-electron chi connectivity index (χ0n) is 23.8. The van der Waals surface area contributed by atoms with Crippen molar-refractivity contribution in [3.63, 3.8) is 0 Å². The molecule has 0 saturated heterocycles. The van der Waals surface area contributed by atoms with Crippen molar-refractivity contribution in [1.29, 1.82) is 0 Å². The molecular weight excluding hydrogens is 528 g/mol. The summed E-state index contributed by atoms with van der Waals surface area (Å²) in [6.45, 7) is 8.50. The van der Waals surface area contributed by atoms with E-state index in [0.29, 0.717) is 16.7 Å². The van der Waals surface area contributed by atoms with Crippen molar-refractivity contribution in [3.05, 3.63) is 94.5 Å². The molecule has 0 heterocycles. The molecule has 3 aromatic carbocycles. The number of hydrogen-bond acceptors (Lipinski definition) is 7. The third kappa shape index (κ3) is 8.39. The van der Waals surface area contributed by atoms with Crippen LogP contribution in [0.25, 0.3) is 0 Å². The summed E-state index contributed by atoms with van der Waals surface area (Å²) in [5.74, 6) is -2.18. The van der Waals surface area contributed by atoms with Gasteiger partial charge in [-0.05, 0) is 107 Å². The highest BCUT2D eigenvalue weighted by molar-refractivity contribution is 5.98. The summed E-state index contributed by atoms with van der Waals surface area (Å²) in [4.78, 5) is 35.1. The molecule has 9 nitrogen and oxygen atoms in total. The quantitative estimate of drug-likeness (QED) is 0.201. The molecule has 3 aromatic rings. The molecule has 41 heavy (non-hydrogen) atoms. The molecule has 0 radical (unpaired) electrons. The average Bonchev–Trinajstić information content (AvgIpc) is 2.88. The SMILES string of the molecule is CC(O)CC(C)(C(=O)C(C)(CC(C)O)c1ccc(O)cc1)c1ccc(O)cc1.Cc1cc(C(=O)O)cc(C(=O)O)c1. The number of ketones is 1. The van der Waals surface area contributed by atoms with Gasteiger partial charge in [-0.2, -0.15) is 0 Å². The third-order valence-electron chi connectivity index (χ3n) is 6.99. The molecule has 0 saturated carbocycles. The molecule has 0 fully saturated rings. The van der Waals surface area contributed by atoms with Crippen LogP contribution in [0.2, 0.25) is 0 Å². The van der Waals surface area contributed by atoms with E-state index in [1.165, 1.54) is 36.4 Å². The molecule has 0 aliphatic carbocycles. The highest BCUT2D eigenvalue weighted by Gasteiger charge is 2.47. The molecule has 0 amide bonds. The topological polar surface area (TPSA) is 173 Å². The number of aryl methyl sites for hydroxylation is 1. The van der Waals surface area contributed by atoms with Crippen LogP contribution in [0.15, 0.2) is 66.7 Å². The third-order valence-corrected chi connectivity index (χ3v) is 6.99. The van der Waals surface area contributed by atoms with E-state index >= 15 is 0 Å². The van der Waals surface area contributed by atoms with Gasteiger partial charge in [-0.3, -0.25) is 4.79 Å².